The van der Waals surface area contributed by atoms with Gasteiger partial charge in [-0.1, -0.05) is 31.0 Å². The van der Waals surface area contributed by atoms with E-state index in [-0.39, 0.29) is 27.8 Å². The maximum atomic E-state index is 12.7. The predicted octanol–water partition coefficient (Wildman–Crippen LogP) is 3.56. The van der Waals surface area contributed by atoms with Gasteiger partial charge in [0, 0.05) is 43.9 Å². The standard InChI is InChI=1S/C19H24ClN3O3S/c1-4-19(24)23(18-10-11-22(2)21-18)16-7-5-6-14(16)13-8-9-17(15(20)12-13)27(3,25)26/h8-12,14,16H,4-7H2,1-3H3. The molecule has 0 N–H and O–H groups in total. The van der Waals surface area contributed by atoms with Crippen LogP contribution in [0.2, 0.25) is 5.02 Å². The number of rotatable bonds is 5. The smallest absolute Gasteiger partial charge is 0.228 e. The molecule has 0 radical (unpaired) electrons. The molecule has 1 amide bonds. The van der Waals surface area contributed by atoms with Crippen LogP contribution >= 0.6 is 11.6 Å². The fourth-order valence-electron chi connectivity index (χ4n) is 3.87. The molecule has 2 aromatic rings. The molecule has 0 saturated heterocycles. The number of amides is 1. The van der Waals surface area contributed by atoms with Gasteiger partial charge in [0.1, 0.15) is 0 Å². The van der Waals surface area contributed by atoms with Gasteiger partial charge in [0.05, 0.1) is 9.92 Å². The molecule has 2 atom stereocenters. The molecule has 0 aliphatic heterocycles. The lowest BCUT2D eigenvalue weighted by atomic mass is 9.93. The highest BCUT2D eigenvalue weighted by atomic mass is 35.5. The number of sulfone groups is 1. The van der Waals surface area contributed by atoms with Crippen molar-refractivity contribution in [2.24, 2.45) is 7.05 Å². The first-order chi connectivity index (χ1) is 12.7. The van der Waals surface area contributed by atoms with Crippen LogP contribution in [0.3, 0.4) is 0 Å². The summed E-state index contributed by atoms with van der Waals surface area (Å²) in [6, 6.07) is 6.94. The quantitative estimate of drug-likeness (QED) is 0.756. The highest BCUT2D eigenvalue weighted by Gasteiger charge is 2.37. The Hall–Kier alpha value is -1.86. The average Bonchev–Trinajstić information content (AvgIpc) is 3.23. The number of carbonyl (C=O) groups excluding carboxylic acids is 1. The van der Waals surface area contributed by atoms with Crippen LogP contribution in [0.4, 0.5) is 5.82 Å². The Bertz CT molecular complexity index is 955. The molecule has 1 aliphatic carbocycles. The second-order valence-electron chi connectivity index (χ2n) is 7.03. The lowest BCUT2D eigenvalue weighted by Gasteiger charge is -2.32. The molecule has 2 unspecified atom stereocenters. The molecule has 1 saturated carbocycles. The zero-order chi connectivity index (χ0) is 19.8. The molecule has 0 spiro atoms. The van der Waals surface area contributed by atoms with Gasteiger partial charge in [-0.2, -0.15) is 5.10 Å². The van der Waals surface area contributed by atoms with E-state index in [1.807, 2.05) is 32.3 Å². The Morgan fingerprint density at radius 3 is 2.63 bits per heavy atom. The van der Waals surface area contributed by atoms with Gasteiger partial charge >= 0.3 is 0 Å². The van der Waals surface area contributed by atoms with Crippen LogP contribution in [0, 0.1) is 0 Å². The summed E-state index contributed by atoms with van der Waals surface area (Å²) >= 11 is 6.25. The maximum absolute atomic E-state index is 12.7. The van der Waals surface area contributed by atoms with Gasteiger partial charge in [-0.15, -0.1) is 0 Å². The van der Waals surface area contributed by atoms with E-state index < -0.39 is 9.84 Å². The third-order valence-electron chi connectivity index (χ3n) is 5.11. The van der Waals surface area contributed by atoms with Crippen LogP contribution in [0.15, 0.2) is 35.4 Å². The summed E-state index contributed by atoms with van der Waals surface area (Å²) in [5.74, 6) is 0.776. The largest absolute Gasteiger partial charge is 0.292 e. The van der Waals surface area contributed by atoms with E-state index in [0.717, 1.165) is 31.1 Å². The fraction of sp³-hybridized carbons (Fsp3) is 0.474. The first-order valence-electron chi connectivity index (χ1n) is 9.03. The third-order valence-corrected chi connectivity index (χ3v) is 6.69. The molecule has 27 heavy (non-hydrogen) atoms. The van der Waals surface area contributed by atoms with Crippen molar-refractivity contribution in [2.45, 2.75) is 49.5 Å². The zero-order valence-electron chi connectivity index (χ0n) is 15.7. The third kappa shape index (κ3) is 4.04. The van der Waals surface area contributed by atoms with Gasteiger partial charge < -0.3 is 0 Å². The second kappa shape index (κ2) is 7.64. The molecule has 1 aliphatic rings. The topological polar surface area (TPSA) is 72.3 Å². The number of benzene rings is 1. The highest BCUT2D eigenvalue weighted by Crippen LogP contribution is 2.41. The Labute approximate surface area is 165 Å². The van der Waals surface area contributed by atoms with E-state index in [0.29, 0.717) is 12.2 Å². The number of aromatic nitrogens is 2. The maximum Gasteiger partial charge on any atom is 0.228 e. The van der Waals surface area contributed by atoms with E-state index in [4.69, 9.17) is 11.6 Å². The van der Waals surface area contributed by atoms with E-state index in [1.54, 1.807) is 21.7 Å². The van der Waals surface area contributed by atoms with Crippen LogP contribution in [0.1, 0.15) is 44.1 Å². The van der Waals surface area contributed by atoms with Crippen molar-refractivity contribution >= 4 is 33.2 Å². The first-order valence-corrected chi connectivity index (χ1v) is 11.3. The summed E-state index contributed by atoms with van der Waals surface area (Å²) in [6.45, 7) is 1.85. The first kappa shape index (κ1) is 19.9. The van der Waals surface area contributed by atoms with Crippen LogP contribution in [-0.2, 0) is 21.7 Å². The normalized spacial score (nSPS) is 20.0. The summed E-state index contributed by atoms with van der Waals surface area (Å²) in [6.07, 6.45) is 6.15. The minimum atomic E-state index is -3.37. The van der Waals surface area contributed by atoms with E-state index >= 15 is 0 Å². The van der Waals surface area contributed by atoms with Crippen molar-refractivity contribution in [1.82, 2.24) is 9.78 Å². The second-order valence-corrected chi connectivity index (χ2v) is 9.42. The van der Waals surface area contributed by atoms with Crippen LogP contribution < -0.4 is 4.90 Å². The molecule has 1 aromatic carbocycles. The molecule has 1 fully saturated rings. The predicted molar refractivity (Wildman–Crippen MR) is 106 cm³/mol. The van der Waals surface area contributed by atoms with E-state index in [1.165, 1.54) is 0 Å². The van der Waals surface area contributed by atoms with Gasteiger partial charge in [-0.25, -0.2) is 8.42 Å². The van der Waals surface area contributed by atoms with Gasteiger partial charge in [-0.05, 0) is 30.5 Å². The fourth-order valence-corrected chi connectivity index (χ4v) is 5.21. The number of hydrogen-bond acceptors (Lipinski definition) is 4. The number of hydrogen-bond donors (Lipinski definition) is 0. The Morgan fingerprint density at radius 2 is 2.07 bits per heavy atom. The summed E-state index contributed by atoms with van der Waals surface area (Å²) in [7, 11) is -1.54. The van der Waals surface area contributed by atoms with Crippen molar-refractivity contribution < 1.29 is 13.2 Å². The molecule has 146 valence electrons. The van der Waals surface area contributed by atoms with Gasteiger partial charge in [0.25, 0.3) is 0 Å². The highest BCUT2D eigenvalue weighted by molar-refractivity contribution is 7.90. The number of halogens is 1. The van der Waals surface area contributed by atoms with Crippen molar-refractivity contribution in [3.05, 3.63) is 41.0 Å². The zero-order valence-corrected chi connectivity index (χ0v) is 17.3. The van der Waals surface area contributed by atoms with Crippen molar-refractivity contribution in [2.75, 3.05) is 11.2 Å². The Kier molecular flexibility index (Phi) is 5.63. The SMILES string of the molecule is CCC(=O)N(c1ccn(C)n1)C1CCCC1c1ccc(S(C)(=O)=O)c(Cl)c1. The lowest BCUT2D eigenvalue weighted by Crippen LogP contribution is -2.42. The van der Waals surface area contributed by atoms with E-state index in [2.05, 4.69) is 5.10 Å². The summed E-state index contributed by atoms with van der Waals surface area (Å²) < 4.78 is 25.3. The molecular formula is C19H24ClN3O3S. The Morgan fingerprint density at radius 1 is 1.33 bits per heavy atom. The monoisotopic (exact) mass is 409 g/mol. The van der Waals surface area contributed by atoms with E-state index in [9.17, 15) is 13.2 Å². The van der Waals surface area contributed by atoms with Gasteiger partial charge in [0.15, 0.2) is 15.7 Å². The number of carbonyl (C=O) groups is 1. The molecule has 3 rings (SSSR count). The summed E-state index contributed by atoms with van der Waals surface area (Å²) in [5.41, 5.74) is 0.958. The number of aryl methyl sites for hydroxylation is 1. The molecule has 1 heterocycles. The summed E-state index contributed by atoms with van der Waals surface area (Å²) in [5, 5.41) is 4.66. The van der Waals surface area contributed by atoms with Crippen molar-refractivity contribution in [3.8, 4) is 0 Å². The van der Waals surface area contributed by atoms with Crippen LogP contribution in [0.25, 0.3) is 0 Å². The molecular weight excluding hydrogens is 386 g/mol. The van der Waals surface area contributed by atoms with Crippen molar-refractivity contribution in [3.63, 3.8) is 0 Å². The molecule has 1 aromatic heterocycles. The minimum absolute atomic E-state index is 0.0208. The molecule has 0 bridgehead atoms. The average molecular weight is 410 g/mol. The van der Waals surface area contributed by atoms with Gasteiger partial charge in [0.2, 0.25) is 5.91 Å². The molecule has 8 heteroatoms. The minimum Gasteiger partial charge on any atom is -0.292 e. The molecule has 6 nitrogen and oxygen atoms in total. The van der Waals surface area contributed by atoms with Crippen LogP contribution in [-0.4, -0.2) is 36.4 Å². The number of anilines is 1. The van der Waals surface area contributed by atoms with Gasteiger partial charge in [-0.3, -0.25) is 14.4 Å². The Balaban J connectivity index is 1.98. The van der Waals surface area contributed by atoms with Crippen molar-refractivity contribution in [1.29, 1.82) is 0 Å². The lowest BCUT2D eigenvalue weighted by molar-refractivity contribution is -0.118. The summed E-state index contributed by atoms with van der Waals surface area (Å²) in [4.78, 5) is 14.6. The number of nitrogens with zero attached hydrogens (tertiary/aromatic N) is 3. The van der Waals surface area contributed by atoms with Crippen LogP contribution in [0.5, 0.6) is 0 Å².